The number of nitrogens with zero attached hydrogens (tertiary/aromatic N) is 1. The van der Waals surface area contributed by atoms with E-state index in [0.717, 1.165) is 5.56 Å². The minimum absolute atomic E-state index is 0.00858. The normalized spacial score (nSPS) is 10.9. The van der Waals surface area contributed by atoms with E-state index in [1.807, 2.05) is 25.1 Å². The van der Waals surface area contributed by atoms with Gasteiger partial charge < -0.3 is 10.1 Å². The van der Waals surface area contributed by atoms with E-state index in [4.69, 9.17) is 4.74 Å². The molecule has 0 atom stereocenters. The maximum absolute atomic E-state index is 13.8. The number of hydrogen-bond acceptors (Lipinski definition) is 3. The minimum atomic E-state index is -0.489. The van der Waals surface area contributed by atoms with E-state index < -0.39 is 5.91 Å². The van der Waals surface area contributed by atoms with Gasteiger partial charge in [-0.3, -0.25) is 4.79 Å². The Morgan fingerprint density at radius 2 is 1.77 bits per heavy atom. The smallest absolute Gasteiger partial charge is 0.266 e. The van der Waals surface area contributed by atoms with Crippen molar-refractivity contribution in [2.75, 3.05) is 11.9 Å². The summed E-state index contributed by atoms with van der Waals surface area (Å²) in [6.07, 6.45) is 2.00. The van der Waals surface area contributed by atoms with Crippen molar-refractivity contribution >= 4 is 17.7 Å². The third-order valence-electron chi connectivity index (χ3n) is 4.43. The van der Waals surface area contributed by atoms with Gasteiger partial charge >= 0.3 is 0 Å². The van der Waals surface area contributed by atoms with E-state index >= 15 is 0 Å². The molecule has 0 heterocycles. The van der Waals surface area contributed by atoms with Crippen molar-refractivity contribution < 1.29 is 13.9 Å². The van der Waals surface area contributed by atoms with Crippen molar-refractivity contribution in [1.29, 1.82) is 5.26 Å². The van der Waals surface area contributed by atoms with Gasteiger partial charge in [0.05, 0.1) is 6.61 Å². The van der Waals surface area contributed by atoms with Gasteiger partial charge in [-0.25, -0.2) is 4.39 Å². The van der Waals surface area contributed by atoms with Gasteiger partial charge in [0.25, 0.3) is 5.91 Å². The molecule has 3 rings (SSSR count). The summed E-state index contributed by atoms with van der Waals surface area (Å²) in [6.45, 7) is 2.46. The lowest BCUT2D eigenvalue weighted by molar-refractivity contribution is -0.112. The summed E-state index contributed by atoms with van der Waals surface area (Å²) in [5.74, 6) is -0.0154. The molecule has 1 amide bonds. The average Bonchev–Trinajstić information content (AvgIpc) is 2.76. The second kappa shape index (κ2) is 10.0. The maximum atomic E-state index is 13.8. The number of ether oxygens (including phenoxy) is 1. The van der Waals surface area contributed by atoms with Crippen molar-refractivity contribution in [3.63, 3.8) is 0 Å². The first-order valence-corrected chi connectivity index (χ1v) is 9.57. The molecule has 3 aromatic carbocycles. The molecular formula is C25H21FN2O2. The number of amides is 1. The molecule has 0 fully saturated rings. The van der Waals surface area contributed by atoms with Crippen LogP contribution in [0.4, 0.5) is 10.1 Å². The fourth-order valence-corrected chi connectivity index (χ4v) is 2.91. The largest absolute Gasteiger partial charge is 0.494 e. The SMILES string of the molecule is CCOc1ccc(NC(=O)/C(C#N)=C/c2ccc(Cc3ccccc3F)cc2)cc1. The first kappa shape index (κ1) is 20.8. The monoisotopic (exact) mass is 400 g/mol. The zero-order chi connectivity index (χ0) is 21.3. The van der Waals surface area contributed by atoms with Crippen LogP contribution in [0.1, 0.15) is 23.6 Å². The van der Waals surface area contributed by atoms with Crippen LogP contribution < -0.4 is 10.1 Å². The summed E-state index contributed by atoms with van der Waals surface area (Å²) < 4.78 is 19.2. The molecule has 0 radical (unpaired) electrons. The topological polar surface area (TPSA) is 62.1 Å². The van der Waals surface area contributed by atoms with Crippen LogP contribution >= 0.6 is 0 Å². The molecule has 3 aromatic rings. The van der Waals surface area contributed by atoms with E-state index in [0.29, 0.717) is 35.6 Å². The van der Waals surface area contributed by atoms with Crippen LogP contribution in [0.2, 0.25) is 0 Å². The standard InChI is InChI=1S/C25H21FN2O2/c1-2-30-23-13-11-22(12-14-23)28-25(29)21(17-27)16-19-9-7-18(8-10-19)15-20-5-3-4-6-24(20)26/h3-14,16H,2,15H2,1H3,(H,28,29)/b21-16+. The molecule has 0 unspecified atom stereocenters. The zero-order valence-electron chi connectivity index (χ0n) is 16.6. The third kappa shape index (κ3) is 5.55. The van der Waals surface area contributed by atoms with Crippen molar-refractivity contribution in [3.05, 3.63) is 101 Å². The van der Waals surface area contributed by atoms with Crippen LogP contribution in [0.25, 0.3) is 6.08 Å². The summed E-state index contributed by atoms with van der Waals surface area (Å²) in [6, 6.07) is 22.9. The molecule has 0 spiro atoms. The Bertz CT molecular complexity index is 1080. The number of hydrogen-bond donors (Lipinski definition) is 1. The van der Waals surface area contributed by atoms with E-state index in [1.165, 1.54) is 12.1 Å². The van der Waals surface area contributed by atoms with Crippen LogP contribution in [0.15, 0.2) is 78.4 Å². The van der Waals surface area contributed by atoms with Crippen molar-refractivity contribution in [1.82, 2.24) is 0 Å². The first-order chi connectivity index (χ1) is 14.6. The van der Waals surface area contributed by atoms with Crippen LogP contribution in [0, 0.1) is 17.1 Å². The lowest BCUT2D eigenvalue weighted by atomic mass is 10.0. The Morgan fingerprint density at radius 3 is 2.40 bits per heavy atom. The summed E-state index contributed by atoms with van der Waals surface area (Å²) in [4.78, 5) is 12.4. The number of carbonyl (C=O) groups excluding carboxylic acids is 1. The predicted molar refractivity (Wildman–Crippen MR) is 115 cm³/mol. The molecule has 5 heteroatoms. The Hall–Kier alpha value is -3.91. The van der Waals surface area contributed by atoms with Crippen molar-refractivity contribution in [2.45, 2.75) is 13.3 Å². The number of rotatable bonds is 7. The number of nitrogens with one attached hydrogen (secondary N) is 1. The Labute approximate surface area is 175 Å². The molecule has 4 nitrogen and oxygen atoms in total. The van der Waals surface area contributed by atoms with E-state index in [9.17, 15) is 14.4 Å². The van der Waals surface area contributed by atoms with Crippen LogP contribution in [0.3, 0.4) is 0 Å². The molecular weight excluding hydrogens is 379 g/mol. The molecule has 0 aromatic heterocycles. The molecule has 0 aliphatic carbocycles. The van der Waals surface area contributed by atoms with E-state index in [-0.39, 0.29) is 11.4 Å². The van der Waals surface area contributed by atoms with Gasteiger partial charge in [-0.1, -0.05) is 42.5 Å². The summed E-state index contributed by atoms with van der Waals surface area (Å²) in [5.41, 5.74) is 2.84. The third-order valence-corrected chi connectivity index (χ3v) is 4.43. The molecule has 0 aliphatic heterocycles. The Balaban J connectivity index is 1.68. The number of carbonyl (C=O) groups is 1. The van der Waals surface area contributed by atoms with Crippen molar-refractivity contribution in [3.8, 4) is 11.8 Å². The van der Waals surface area contributed by atoms with Crippen molar-refractivity contribution in [2.24, 2.45) is 0 Å². The minimum Gasteiger partial charge on any atom is -0.494 e. The van der Waals surface area contributed by atoms with E-state index in [2.05, 4.69) is 5.32 Å². The van der Waals surface area contributed by atoms with Gasteiger partial charge in [0.1, 0.15) is 23.2 Å². The van der Waals surface area contributed by atoms with Gasteiger partial charge in [0, 0.05) is 12.1 Å². The number of halogens is 1. The lowest BCUT2D eigenvalue weighted by Gasteiger charge is -2.07. The second-order valence-corrected chi connectivity index (χ2v) is 6.59. The fourth-order valence-electron chi connectivity index (χ4n) is 2.91. The Kier molecular flexibility index (Phi) is 6.96. The molecule has 0 saturated heterocycles. The molecule has 1 N–H and O–H groups in total. The zero-order valence-corrected chi connectivity index (χ0v) is 16.6. The molecule has 0 bridgehead atoms. The summed E-state index contributed by atoms with van der Waals surface area (Å²) in [5, 5.41) is 12.1. The first-order valence-electron chi connectivity index (χ1n) is 9.57. The van der Waals surface area contributed by atoms with Crippen LogP contribution in [0.5, 0.6) is 5.75 Å². The Morgan fingerprint density at radius 1 is 1.07 bits per heavy atom. The average molecular weight is 400 g/mol. The van der Waals surface area contributed by atoms with Crippen LogP contribution in [-0.4, -0.2) is 12.5 Å². The van der Waals surface area contributed by atoms with Gasteiger partial charge in [-0.05, 0) is 60.0 Å². The highest BCUT2D eigenvalue weighted by atomic mass is 19.1. The summed E-state index contributed by atoms with van der Waals surface area (Å²) in [7, 11) is 0. The van der Waals surface area contributed by atoms with Gasteiger partial charge in [-0.2, -0.15) is 5.26 Å². The predicted octanol–water partition coefficient (Wildman–Crippen LogP) is 5.36. The number of benzene rings is 3. The second-order valence-electron chi connectivity index (χ2n) is 6.59. The molecule has 0 aliphatic rings. The van der Waals surface area contributed by atoms with Crippen LogP contribution in [-0.2, 0) is 11.2 Å². The number of nitriles is 1. The highest BCUT2D eigenvalue weighted by Crippen LogP contribution is 2.18. The molecule has 150 valence electrons. The molecule has 0 saturated carbocycles. The summed E-state index contributed by atoms with van der Waals surface area (Å²) >= 11 is 0. The fraction of sp³-hybridized carbons (Fsp3) is 0.120. The highest BCUT2D eigenvalue weighted by Gasteiger charge is 2.10. The quantitative estimate of drug-likeness (QED) is 0.429. The highest BCUT2D eigenvalue weighted by molar-refractivity contribution is 6.09. The van der Waals surface area contributed by atoms with Gasteiger partial charge in [-0.15, -0.1) is 0 Å². The number of anilines is 1. The van der Waals surface area contributed by atoms with Gasteiger partial charge in [0.15, 0.2) is 0 Å². The lowest BCUT2D eigenvalue weighted by Crippen LogP contribution is -2.13. The van der Waals surface area contributed by atoms with Gasteiger partial charge in [0.2, 0.25) is 0 Å². The molecule has 30 heavy (non-hydrogen) atoms. The maximum Gasteiger partial charge on any atom is 0.266 e. The van der Waals surface area contributed by atoms with E-state index in [1.54, 1.807) is 54.6 Å².